The SMILES string of the molecule is CC[NH+](N)CC.[I-]. The molecule has 46 valence electrons. The Labute approximate surface area is 62.0 Å². The lowest BCUT2D eigenvalue weighted by Crippen LogP contribution is -3.17. The van der Waals surface area contributed by atoms with Gasteiger partial charge in [-0.05, 0) is 13.8 Å². The minimum Gasteiger partial charge on any atom is -1.00 e. The van der Waals surface area contributed by atoms with Crippen molar-refractivity contribution in [1.82, 2.24) is 0 Å². The number of hydrogen-bond acceptors (Lipinski definition) is 1. The van der Waals surface area contributed by atoms with Crippen LogP contribution in [0.3, 0.4) is 0 Å². The molecule has 7 heavy (non-hydrogen) atoms. The molecule has 0 saturated carbocycles. The van der Waals surface area contributed by atoms with Gasteiger partial charge < -0.3 is 24.0 Å². The van der Waals surface area contributed by atoms with Crippen LogP contribution in [0.15, 0.2) is 0 Å². The highest BCUT2D eigenvalue weighted by Gasteiger charge is 1.86. The van der Waals surface area contributed by atoms with Crippen molar-refractivity contribution in [1.29, 1.82) is 0 Å². The maximum absolute atomic E-state index is 5.39. The Balaban J connectivity index is 0. The Morgan fingerprint density at radius 2 is 1.57 bits per heavy atom. The molecule has 0 atom stereocenters. The smallest absolute Gasteiger partial charge is 0.0915 e. The molecule has 0 spiro atoms. The molecule has 0 unspecified atom stereocenters. The molecule has 0 amide bonds. The van der Waals surface area contributed by atoms with Crippen molar-refractivity contribution in [3.63, 3.8) is 0 Å². The third kappa shape index (κ3) is 6.65. The van der Waals surface area contributed by atoms with Crippen molar-refractivity contribution in [2.24, 2.45) is 5.84 Å². The van der Waals surface area contributed by atoms with Crippen LogP contribution in [-0.2, 0) is 0 Å². The first-order valence-corrected chi connectivity index (χ1v) is 2.41. The second kappa shape index (κ2) is 6.65. The van der Waals surface area contributed by atoms with Gasteiger partial charge in [-0.3, -0.25) is 5.01 Å². The largest absolute Gasteiger partial charge is 1.00 e. The van der Waals surface area contributed by atoms with Crippen molar-refractivity contribution in [3.8, 4) is 0 Å². The van der Waals surface area contributed by atoms with Gasteiger partial charge in [0.25, 0.3) is 0 Å². The molecule has 0 saturated heterocycles. The zero-order valence-corrected chi connectivity index (χ0v) is 7.03. The molecule has 3 heteroatoms. The second-order valence-electron chi connectivity index (χ2n) is 1.37. The van der Waals surface area contributed by atoms with E-state index in [0.29, 0.717) is 0 Å². The molecule has 2 nitrogen and oxygen atoms in total. The summed E-state index contributed by atoms with van der Waals surface area (Å²) in [4.78, 5) is 0. The Morgan fingerprint density at radius 1 is 1.29 bits per heavy atom. The molecule has 0 aromatic heterocycles. The first kappa shape index (κ1) is 10.6. The van der Waals surface area contributed by atoms with Crippen LogP contribution in [0.5, 0.6) is 0 Å². The van der Waals surface area contributed by atoms with E-state index in [2.05, 4.69) is 13.8 Å². The van der Waals surface area contributed by atoms with Crippen molar-refractivity contribution < 1.29 is 29.0 Å². The average molecular weight is 216 g/mol. The van der Waals surface area contributed by atoms with Crippen molar-refractivity contribution >= 4 is 0 Å². The summed E-state index contributed by atoms with van der Waals surface area (Å²) >= 11 is 0. The summed E-state index contributed by atoms with van der Waals surface area (Å²) in [6, 6.07) is 0. The molecule has 0 rings (SSSR count). The Morgan fingerprint density at radius 3 is 1.57 bits per heavy atom. The van der Waals surface area contributed by atoms with E-state index in [1.165, 1.54) is 0 Å². The molecule has 3 N–H and O–H groups in total. The van der Waals surface area contributed by atoms with Gasteiger partial charge in [-0.25, -0.2) is 0 Å². The number of quaternary nitrogens is 1. The molecule has 0 aliphatic heterocycles. The van der Waals surface area contributed by atoms with Crippen LogP contribution >= 0.6 is 0 Å². The highest BCUT2D eigenvalue weighted by Crippen LogP contribution is 1.34. The zero-order valence-electron chi connectivity index (χ0n) is 4.87. The lowest BCUT2D eigenvalue weighted by molar-refractivity contribution is -0.908. The molecular formula is C4H13IN2. The summed E-state index contributed by atoms with van der Waals surface area (Å²) in [5.74, 6) is 5.39. The third-order valence-corrected chi connectivity index (χ3v) is 0.908. The summed E-state index contributed by atoms with van der Waals surface area (Å²) in [7, 11) is 0. The van der Waals surface area contributed by atoms with E-state index in [9.17, 15) is 0 Å². The van der Waals surface area contributed by atoms with E-state index in [1.54, 1.807) is 0 Å². The van der Waals surface area contributed by atoms with Gasteiger partial charge in [0.2, 0.25) is 0 Å². The van der Waals surface area contributed by atoms with E-state index in [1.807, 2.05) is 0 Å². The zero-order chi connectivity index (χ0) is 4.99. The summed E-state index contributed by atoms with van der Waals surface area (Å²) in [5.41, 5.74) is 0. The summed E-state index contributed by atoms with van der Waals surface area (Å²) < 4.78 is 0. The van der Waals surface area contributed by atoms with Crippen molar-refractivity contribution in [3.05, 3.63) is 0 Å². The topological polar surface area (TPSA) is 30.5 Å². The summed E-state index contributed by atoms with van der Waals surface area (Å²) in [6.07, 6.45) is 0. The lowest BCUT2D eigenvalue weighted by Gasteiger charge is -2.03. The van der Waals surface area contributed by atoms with E-state index in [-0.39, 0.29) is 24.0 Å². The van der Waals surface area contributed by atoms with E-state index < -0.39 is 0 Å². The van der Waals surface area contributed by atoms with Gasteiger partial charge >= 0.3 is 0 Å². The highest BCUT2D eigenvalue weighted by molar-refractivity contribution is 4.01. The van der Waals surface area contributed by atoms with E-state index in [0.717, 1.165) is 18.1 Å². The number of rotatable bonds is 2. The molecule has 0 fully saturated rings. The van der Waals surface area contributed by atoms with Crippen LogP contribution in [0, 0.1) is 0 Å². The van der Waals surface area contributed by atoms with Crippen LogP contribution in [-0.4, -0.2) is 13.1 Å². The predicted molar refractivity (Wildman–Crippen MR) is 26.2 cm³/mol. The summed E-state index contributed by atoms with van der Waals surface area (Å²) in [5, 5.41) is 1.09. The van der Waals surface area contributed by atoms with Gasteiger partial charge in [0.05, 0.1) is 13.1 Å². The molecule has 0 radical (unpaired) electrons. The molecule has 0 heterocycles. The Bertz CT molecular complexity index is 28.9. The van der Waals surface area contributed by atoms with Gasteiger partial charge in [0.15, 0.2) is 0 Å². The number of halogens is 1. The van der Waals surface area contributed by atoms with Gasteiger partial charge in [-0.15, -0.1) is 0 Å². The Hall–Kier alpha value is 0.650. The minimum atomic E-state index is 0. The molecule has 0 aliphatic rings. The monoisotopic (exact) mass is 216 g/mol. The number of nitrogens with one attached hydrogen (secondary N) is 1. The second-order valence-corrected chi connectivity index (χ2v) is 1.37. The molecule has 0 bridgehead atoms. The van der Waals surface area contributed by atoms with Crippen LogP contribution in [0.1, 0.15) is 13.8 Å². The van der Waals surface area contributed by atoms with Crippen LogP contribution < -0.4 is 34.8 Å². The molecule has 0 aromatic carbocycles. The van der Waals surface area contributed by atoms with Crippen molar-refractivity contribution in [2.75, 3.05) is 13.1 Å². The minimum absolute atomic E-state index is 0. The molecule has 0 aliphatic carbocycles. The maximum Gasteiger partial charge on any atom is 0.0915 e. The fourth-order valence-corrected chi connectivity index (χ4v) is 0.250. The van der Waals surface area contributed by atoms with Gasteiger partial charge in [0.1, 0.15) is 0 Å². The van der Waals surface area contributed by atoms with Gasteiger partial charge in [0, 0.05) is 0 Å². The normalized spacial score (nSPS) is 8.57. The van der Waals surface area contributed by atoms with Gasteiger partial charge in [-0.1, -0.05) is 0 Å². The van der Waals surface area contributed by atoms with E-state index in [4.69, 9.17) is 5.84 Å². The summed E-state index contributed by atoms with van der Waals surface area (Å²) in [6.45, 7) is 6.19. The fraction of sp³-hybridized carbons (Fsp3) is 1.00. The maximum atomic E-state index is 5.39. The lowest BCUT2D eigenvalue weighted by atomic mass is 10.6. The highest BCUT2D eigenvalue weighted by atomic mass is 127. The van der Waals surface area contributed by atoms with Crippen LogP contribution in [0.4, 0.5) is 0 Å². The average Bonchev–Trinajstić information content (AvgIpc) is 1.65. The van der Waals surface area contributed by atoms with Crippen molar-refractivity contribution in [2.45, 2.75) is 13.8 Å². The Kier molecular flexibility index (Phi) is 10.1. The van der Waals surface area contributed by atoms with Crippen LogP contribution in [0.2, 0.25) is 0 Å². The molecule has 0 aromatic rings. The predicted octanol–water partition coefficient (Wildman–Crippen LogP) is -4.21. The van der Waals surface area contributed by atoms with Gasteiger partial charge in [-0.2, -0.15) is 5.84 Å². The number of nitrogens with two attached hydrogens (primary N) is 1. The van der Waals surface area contributed by atoms with E-state index >= 15 is 0 Å². The van der Waals surface area contributed by atoms with Crippen LogP contribution in [0.25, 0.3) is 0 Å². The fourth-order valence-electron chi connectivity index (χ4n) is 0.250. The standard InChI is InChI=1S/C4H12N2.HI/c1-3-6(5)4-2;/h3-5H2,1-2H3;1H. The molecular weight excluding hydrogens is 203 g/mol. The first-order chi connectivity index (χ1) is 2.81. The first-order valence-electron chi connectivity index (χ1n) is 2.41. The number of hydrogen-bond donors (Lipinski definition) is 2. The quantitative estimate of drug-likeness (QED) is 0.273. The third-order valence-electron chi connectivity index (χ3n) is 0.908.